The van der Waals surface area contributed by atoms with Crippen LogP contribution in [0.1, 0.15) is 32.9 Å². The molecule has 0 saturated carbocycles. The summed E-state index contributed by atoms with van der Waals surface area (Å²) in [6.45, 7) is 2.03. The third-order valence-electron chi connectivity index (χ3n) is 4.66. The molecule has 0 atom stereocenters. The van der Waals surface area contributed by atoms with Crippen molar-refractivity contribution in [3.8, 4) is 0 Å². The minimum absolute atomic E-state index is 0.263. The molecule has 0 spiro atoms. The maximum absolute atomic E-state index is 12.6. The van der Waals surface area contributed by atoms with Crippen LogP contribution >= 0.6 is 22.9 Å². The van der Waals surface area contributed by atoms with E-state index in [1.165, 1.54) is 24.2 Å². The Bertz CT molecular complexity index is 1020. The normalized spacial score (nSPS) is 13.3. The molecule has 1 aliphatic heterocycles. The molecule has 1 aliphatic rings. The highest BCUT2D eigenvalue weighted by molar-refractivity contribution is 7.12. The van der Waals surface area contributed by atoms with E-state index in [4.69, 9.17) is 11.6 Å². The molecule has 29 heavy (non-hydrogen) atoms. The molecule has 2 amide bonds. The van der Waals surface area contributed by atoms with Gasteiger partial charge in [-0.3, -0.25) is 9.59 Å². The maximum Gasteiger partial charge on any atom is 0.265 e. The fourth-order valence-electron chi connectivity index (χ4n) is 3.15. The van der Waals surface area contributed by atoms with Gasteiger partial charge in [-0.1, -0.05) is 17.7 Å². The lowest BCUT2D eigenvalue weighted by molar-refractivity contribution is 0.101. The number of thiophene rings is 1. The van der Waals surface area contributed by atoms with Gasteiger partial charge < -0.3 is 15.5 Å². The first-order valence-corrected chi connectivity index (χ1v) is 10.5. The molecule has 0 unspecified atom stereocenters. The van der Waals surface area contributed by atoms with Crippen molar-refractivity contribution in [2.45, 2.75) is 12.8 Å². The maximum atomic E-state index is 12.6. The Morgan fingerprint density at radius 1 is 1.03 bits per heavy atom. The zero-order chi connectivity index (χ0) is 20.2. The number of nitrogens with zero attached hydrogens (tertiary/aromatic N) is 2. The summed E-state index contributed by atoms with van der Waals surface area (Å²) in [5.41, 5.74) is 1.39. The van der Waals surface area contributed by atoms with Gasteiger partial charge >= 0.3 is 0 Å². The molecule has 3 aromatic rings. The van der Waals surface area contributed by atoms with Crippen molar-refractivity contribution in [1.82, 2.24) is 4.98 Å². The molecule has 1 saturated heterocycles. The predicted octanol–water partition coefficient (Wildman–Crippen LogP) is 4.90. The fraction of sp³-hybridized carbons (Fsp3) is 0.190. The molecule has 3 heterocycles. The van der Waals surface area contributed by atoms with Crippen LogP contribution in [-0.2, 0) is 0 Å². The molecule has 0 bridgehead atoms. The van der Waals surface area contributed by atoms with Gasteiger partial charge in [0, 0.05) is 18.7 Å². The molecular weight excluding hydrogens is 408 g/mol. The number of carbonyl (C=O) groups excluding carboxylic acids is 2. The van der Waals surface area contributed by atoms with E-state index < -0.39 is 0 Å². The minimum Gasteiger partial charge on any atom is -0.357 e. The molecule has 4 rings (SSSR count). The number of pyridine rings is 1. The summed E-state index contributed by atoms with van der Waals surface area (Å²) < 4.78 is 0. The topological polar surface area (TPSA) is 74.3 Å². The Kier molecular flexibility index (Phi) is 5.78. The lowest BCUT2D eigenvalue weighted by atomic mass is 10.1. The van der Waals surface area contributed by atoms with Crippen molar-refractivity contribution >= 4 is 51.9 Å². The number of rotatable bonds is 5. The molecule has 148 valence electrons. The van der Waals surface area contributed by atoms with Crippen molar-refractivity contribution in [1.29, 1.82) is 0 Å². The Morgan fingerprint density at radius 3 is 2.55 bits per heavy atom. The van der Waals surface area contributed by atoms with Crippen LogP contribution in [0.2, 0.25) is 5.02 Å². The largest absolute Gasteiger partial charge is 0.357 e. The number of nitrogens with one attached hydrogen (secondary N) is 2. The standard InChI is InChI=1S/C21H19ClN4O2S/c22-16-7-5-14(12-17(16)25-21(28)18-4-3-11-29-18)20(27)24-15-6-8-19(23-13-15)26-9-1-2-10-26/h3-8,11-13H,1-2,9-10H2,(H,24,27)(H,25,28). The number of hydrogen-bond donors (Lipinski definition) is 2. The fourth-order valence-corrected chi connectivity index (χ4v) is 3.93. The lowest BCUT2D eigenvalue weighted by Gasteiger charge is -2.16. The number of amides is 2. The van der Waals surface area contributed by atoms with Gasteiger partial charge in [0.05, 0.1) is 27.5 Å². The first kappa shape index (κ1) is 19.4. The molecule has 0 radical (unpaired) electrons. The first-order valence-electron chi connectivity index (χ1n) is 9.27. The SMILES string of the molecule is O=C(Nc1ccc(N2CCCC2)nc1)c1ccc(Cl)c(NC(=O)c2cccs2)c1. The molecule has 8 heteroatoms. The van der Waals surface area contributed by atoms with Gasteiger partial charge in [0.2, 0.25) is 0 Å². The Balaban J connectivity index is 1.45. The van der Waals surface area contributed by atoms with E-state index in [0.717, 1.165) is 18.9 Å². The van der Waals surface area contributed by atoms with Crippen molar-refractivity contribution < 1.29 is 9.59 Å². The van der Waals surface area contributed by atoms with Crippen LogP contribution in [0.5, 0.6) is 0 Å². The summed E-state index contributed by atoms with van der Waals surface area (Å²) in [6.07, 6.45) is 4.02. The zero-order valence-corrected chi connectivity index (χ0v) is 17.1. The average Bonchev–Trinajstić information content (AvgIpc) is 3.44. The zero-order valence-electron chi connectivity index (χ0n) is 15.5. The van der Waals surface area contributed by atoms with Gasteiger partial charge in [-0.2, -0.15) is 0 Å². The number of hydrogen-bond acceptors (Lipinski definition) is 5. The van der Waals surface area contributed by atoms with E-state index in [0.29, 0.717) is 26.8 Å². The van der Waals surface area contributed by atoms with Crippen molar-refractivity contribution in [3.05, 3.63) is 69.5 Å². The van der Waals surface area contributed by atoms with Gasteiger partial charge in [0.15, 0.2) is 0 Å². The van der Waals surface area contributed by atoms with Gasteiger partial charge in [-0.25, -0.2) is 4.98 Å². The van der Waals surface area contributed by atoms with Crippen LogP contribution in [0.4, 0.5) is 17.2 Å². The van der Waals surface area contributed by atoms with E-state index in [9.17, 15) is 9.59 Å². The molecule has 1 fully saturated rings. The van der Waals surface area contributed by atoms with Crippen LogP contribution in [0.15, 0.2) is 54.0 Å². The summed E-state index contributed by atoms with van der Waals surface area (Å²) in [6, 6.07) is 12.1. The van der Waals surface area contributed by atoms with Crippen molar-refractivity contribution in [3.63, 3.8) is 0 Å². The van der Waals surface area contributed by atoms with Crippen LogP contribution in [0.25, 0.3) is 0 Å². The van der Waals surface area contributed by atoms with E-state index >= 15 is 0 Å². The number of carbonyl (C=O) groups is 2. The number of halogens is 1. The monoisotopic (exact) mass is 426 g/mol. The van der Waals surface area contributed by atoms with Crippen molar-refractivity contribution in [2.24, 2.45) is 0 Å². The Morgan fingerprint density at radius 2 is 1.86 bits per heavy atom. The van der Waals surface area contributed by atoms with E-state index in [-0.39, 0.29) is 11.8 Å². The molecule has 6 nitrogen and oxygen atoms in total. The van der Waals surface area contributed by atoms with Gasteiger partial charge in [-0.15, -0.1) is 11.3 Å². The molecular formula is C21H19ClN4O2S. The second-order valence-electron chi connectivity index (χ2n) is 6.68. The highest BCUT2D eigenvalue weighted by atomic mass is 35.5. The number of anilines is 3. The average molecular weight is 427 g/mol. The minimum atomic E-state index is -0.302. The van der Waals surface area contributed by atoms with Crippen molar-refractivity contribution in [2.75, 3.05) is 28.6 Å². The van der Waals surface area contributed by atoms with E-state index in [2.05, 4.69) is 20.5 Å². The van der Waals surface area contributed by atoms with Gasteiger partial charge in [0.25, 0.3) is 11.8 Å². The molecule has 0 aliphatic carbocycles. The van der Waals surface area contributed by atoms with E-state index in [1.54, 1.807) is 36.5 Å². The summed E-state index contributed by atoms with van der Waals surface area (Å²) in [4.78, 5) is 32.1. The van der Waals surface area contributed by atoms with Gasteiger partial charge in [0.1, 0.15) is 5.82 Å². The smallest absolute Gasteiger partial charge is 0.265 e. The highest BCUT2D eigenvalue weighted by Gasteiger charge is 2.15. The summed E-state index contributed by atoms with van der Waals surface area (Å²) in [5, 5.41) is 7.77. The quantitative estimate of drug-likeness (QED) is 0.608. The highest BCUT2D eigenvalue weighted by Crippen LogP contribution is 2.25. The Hall–Kier alpha value is -2.90. The van der Waals surface area contributed by atoms with E-state index in [1.807, 2.05) is 17.5 Å². The second-order valence-corrected chi connectivity index (χ2v) is 8.03. The second kappa shape index (κ2) is 8.63. The van der Waals surface area contributed by atoms with Gasteiger partial charge in [-0.05, 0) is 54.6 Å². The third-order valence-corrected chi connectivity index (χ3v) is 5.86. The number of benzene rings is 1. The molecule has 2 aromatic heterocycles. The third kappa shape index (κ3) is 4.58. The molecule has 1 aromatic carbocycles. The first-order chi connectivity index (χ1) is 14.1. The summed E-state index contributed by atoms with van der Waals surface area (Å²) in [5.74, 6) is 0.357. The van der Waals surface area contributed by atoms with Crippen LogP contribution in [0.3, 0.4) is 0 Å². The summed E-state index contributed by atoms with van der Waals surface area (Å²) in [7, 11) is 0. The Labute approximate surface area is 177 Å². The molecule has 2 N–H and O–H groups in total. The van der Waals surface area contributed by atoms with Crippen LogP contribution in [0, 0.1) is 0 Å². The predicted molar refractivity (Wildman–Crippen MR) is 117 cm³/mol. The number of aromatic nitrogens is 1. The lowest BCUT2D eigenvalue weighted by Crippen LogP contribution is -2.19. The van der Waals surface area contributed by atoms with Crippen LogP contribution < -0.4 is 15.5 Å². The summed E-state index contributed by atoms with van der Waals surface area (Å²) >= 11 is 7.52. The van der Waals surface area contributed by atoms with Crippen LogP contribution in [-0.4, -0.2) is 29.9 Å².